The highest BCUT2D eigenvalue weighted by Gasteiger charge is 2.42. The lowest BCUT2D eigenvalue weighted by molar-refractivity contribution is -0.660. The molecule has 0 saturated carbocycles. The lowest BCUT2D eigenvalue weighted by atomic mass is 9.34. The van der Waals surface area contributed by atoms with Gasteiger partial charge >= 0.3 is 0 Å². The van der Waals surface area contributed by atoms with Crippen LogP contribution in [0.1, 0.15) is 5.56 Å². The number of aromatic nitrogens is 1. The number of para-hydroxylation sites is 2. The maximum absolute atomic E-state index is 6.94. The zero-order valence-electron chi connectivity index (χ0n) is 23.3. The van der Waals surface area contributed by atoms with Gasteiger partial charge in [-0.3, -0.25) is 0 Å². The molecule has 2 aromatic heterocycles. The number of rotatable bonds is 2. The molecule has 0 fully saturated rings. The van der Waals surface area contributed by atoms with Gasteiger partial charge in [-0.2, -0.15) is 0 Å². The van der Waals surface area contributed by atoms with Crippen LogP contribution in [0, 0.1) is 6.92 Å². The number of ether oxygens (including phenoxy) is 1. The highest BCUT2D eigenvalue weighted by atomic mass is 32.1. The number of hydrogen-bond acceptors (Lipinski definition) is 3. The van der Waals surface area contributed by atoms with E-state index in [-0.39, 0.29) is 6.71 Å². The summed E-state index contributed by atoms with van der Waals surface area (Å²) in [5, 5.41) is 2.54. The molecule has 3 nitrogen and oxygen atoms in total. The second kappa shape index (κ2) is 8.82. The Balaban J connectivity index is 1.32. The van der Waals surface area contributed by atoms with E-state index in [0.717, 1.165) is 17.2 Å². The Labute approximate surface area is 249 Å². The summed E-state index contributed by atoms with van der Waals surface area (Å²) in [6.07, 6.45) is 2.12. The number of hydrogen-bond donors (Lipinski definition) is 0. The van der Waals surface area contributed by atoms with Crippen molar-refractivity contribution in [1.82, 2.24) is 0 Å². The Kier molecular flexibility index (Phi) is 5.00. The van der Waals surface area contributed by atoms with Gasteiger partial charge in [-0.1, -0.05) is 66.7 Å². The van der Waals surface area contributed by atoms with Gasteiger partial charge in [0.1, 0.15) is 18.5 Å². The van der Waals surface area contributed by atoms with E-state index in [1.165, 1.54) is 64.8 Å². The summed E-state index contributed by atoms with van der Waals surface area (Å²) in [5.41, 5.74) is 11.1. The molecule has 2 aliphatic rings. The Morgan fingerprint density at radius 2 is 1.45 bits per heavy atom. The molecule has 0 aliphatic carbocycles. The smallest absolute Gasteiger partial charge is 0.256 e. The molecule has 5 heteroatoms. The fourth-order valence-corrected chi connectivity index (χ4v) is 8.44. The SMILES string of the molecule is Cc1ccc2c(sc3c4c(ccc32)B2c3ccccc3N(c3ccccc3)c3cccc(c32)O4)c1-c1cccc[n+]1C. The minimum atomic E-state index is 0.0962. The van der Waals surface area contributed by atoms with Crippen LogP contribution in [0.25, 0.3) is 31.4 Å². The van der Waals surface area contributed by atoms with E-state index in [0.29, 0.717) is 0 Å². The van der Waals surface area contributed by atoms with Gasteiger partial charge < -0.3 is 9.64 Å². The quantitative estimate of drug-likeness (QED) is 0.164. The van der Waals surface area contributed by atoms with Gasteiger partial charge in [0.15, 0.2) is 6.20 Å². The minimum absolute atomic E-state index is 0.0962. The van der Waals surface area contributed by atoms with E-state index in [4.69, 9.17) is 4.74 Å². The van der Waals surface area contributed by atoms with E-state index in [2.05, 4.69) is 145 Å². The van der Waals surface area contributed by atoms with E-state index < -0.39 is 0 Å². The van der Waals surface area contributed by atoms with Crippen LogP contribution in [0.15, 0.2) is 121 Å². The third-order valence-corrected chi connectivity index (χ3v) is 10.2. The van der Waals surface area contributed by atoms with Crippen molar-refractivity contribution in [2.24, 2.45) is 7.05 Å². The third kappa shape index (κ3) is 3.20. The Morgan fingerprint density at radius 3 is 2.33 bits per heavy atom. The molecule has 42 heavy (non-hydrogen) atoms. The summed E-state index contributed by atoms with van der Waals surface area (Å²) >= 11 is 1.86. The van der Waals surface area contributed by atoms with Gasteiger partial charge in [0.2, 0.25) is 5.69 Å². The standard InChI is InChI=1S/C37H26BN2OS/c1-23-18-19-25-26-20-21-28-35(37(26)42-36(25)33(23)30-15-8-9-22-39(30)2)41-32-17-10-16-31-34(32)38(28)27-13-6-7-14-29(27)40(31)24-11-4-3-5-12-24/h3-22H,1-2H3/q+1. The lowest BCUT2D eigenvalue weighted by Gasteiger charge is -2.39. The zero-order valence-corrected chi connectivity index (χ0v) is 24.2. The van der Waals surface area contributed by atoms with E-state index in [9.17, 15) is 0 Å². The number of nitrogens with zero attached hydrogens (tertiary/aromatic N) is 2. The average molecular weight is 558 g/mol. The van der Waals surface area contributed by atoms with Crippen molar-refractivity contribution in [2.45, 2.75) is 6.92 Å². The van der Waals surface area contributed by atoms with Gasteiger partial charge in [-0.15, -0.1) is 11.3 Å². The lowest BCUT2D eigenvalue weighted by Crippen LogP contribution is -2.59. The van der Waals surface area contributed by atoms with E-state index in [1.54, 1.807) is 0 Å². The number of benzene rings is 5. The molecule has 198 valence electrons. The summed E-state index contributed by atoms with van der Waals surface area (Å²) in [5.74, 6) is 1.93. The molecular formula is C37H26BN2OS+. The second-order valence-corrected chi connectivity index (χ2v) is 12.3. The monoisotopic (exact) mass is 557 g/mol. The first-order chi connectivity index (χ1) is 20.7. The van der Waals surface area contributed by atoms with Crippen LogP contribution in [0.2, 0.25) is 0 Å². The molecule has 0 radical (unpaired) electrons. The Morgan fingerprint density at radius 1 is 0.690 bits per heavy atom. The van der Waals surface area contributed by atoms with Gasteiger partial charge in [0.25, 0.3) is 6.71 Å². The van der Waals surface area contributed by atoms with Crippen molar-refractivity contribution >= 4 is 71.7 Å². The zero-order chi connectivity index (χ0) is 27.9. The molecule has 0 bridgehead atoms. The van der Waals surface area contributed by atoms with Crippen LogP contribution in [-0.4, -0.2) is 6.71 Å². The first kappa shape index (κ1) is 23.8. The predicted molar refractivity (Wildman–Crippen MR) is 177 cm³/mol. The van der Waals surface area contributed by atoms with Crippen LogP contribution in [-0.2, 0) is 7.05 Å². The van der Waals surface area contributed by atoms with Gasteiger partial charge in [0, 0.05) is 44.7 Å². The van der Waals surface area contributed by atoms with Crippen molar-refractivity contribution in [3.63, 3.8) is 0 Å². The first-order valence-electron chi connectivity index (χ1n) is 14.4. The largest absolute Gasteiger partial charge is 0.457 e. The van der Waals surface area contributed by atoms with Crippen LogP contribution in [0.5, 0.6) is 11.5 Å². The van der Waals surface area contributed by atoms with Crippen LogP contribution >= 0.6 is 11.3 Å². The number of aryl methyl sites for hydroxylation is 2. The molecule has 9 rings (SSSR count). The molecule has 0 unspecified atom stereocenters. The van der Waals surface area contributed by atoms with Gasteiger partial charge in [-0.05, 0) is 65.3 Å². The summed E-state index contributed by atoms with van der Waals surface area (Å²) in [7, 11) is 2.12. The van der Waals surface area contributed by atoms with Crippen molar-refractivity contribution in [3.8, 4) is 22.8 Å². The number of fused-ring (bicyclic) bond motifs is 8. The molecular weight excluding hydrogens is 531 g/mol. The van der Waals surface area contributed by atoms with E-state index >= 15 is 0 Å². The number of anilines is 3. The first-order valence-corrected chi connectivity index (χ1v) is 15.2. The summed E-state index contributed by atoms with van der Waals surface area (Å²) in [6.45, 7) is 2.31. The van der Waals surface area contributed by atoms with Crippen LogP contribution in [0.4, 0.5) is 17.1 Å². The normalized spacial score (nSPS) is 13.1. The highest BCUT2D eigenvalue weighted by molar-refractivity contribution is 7.27. The molecule has 5 aromatic carbocycles. The molecule has 0 N–H and O–H groups in total. The molecule has 0 atom stereocenters. The predicted octanol–water partition coefficient (Wildman–Crippen LogP) is 7.26. The maximum Gasteiger partial charge on any atom is 0.256 e. The topological polar surface area (TPSA) is 16.4 Å². The Bertz CT molecular complexity index is 2220. The van der Waals surface area contributed by atoms with Crippen molar-refractivity contribution in [3.05, 3.63) is 127 Å². The third-order valence-electron chi connectivity index (χ3n) is 8.91. The van der Waals surface area contributed by atoms with Crippen molar-refractivity contribution in [2.75, 3.05) is 4.90 Å². The number of pyridine rings is 1. The van der Waals surface area contributed by atoms with Crippen molar-refractivity contribution < 1.29 is 9.30 Å². The Hall–Kier alpha value is -4.87. The molecule has 7 aromatic rings. The maximum atomic E-state index is 6.94. The fourth-order valence-electron chi connectivity index (χ4n) is 7.04. The average Bonchev–Trinajstić information content (AvgIpc) is 3.41. The van der Waals surface area contributed by atoms with Crippen LogP contribution in [0.3, 0.4) is 0 Å². The fraction of sp³-hybridized carbons (Fsp3) is 0.0541. The number of thiophene rings is 1. The second-order valence-electron chi connectivity index (χ2n) is 11.2. The minimum Gasteiger partial charge on any atom is -0.457 e. The summed E-state index contributed by atoms with van der Waals surface area (Å²) < 4.78 is 11.7. The van der Waals surface area contributed by atoms with E-state index in [1.807, 2.05) is 11.3 Å². The van der Waals surface area contributed by atoms with Gasteiger partial charge in [0.05, 0.1) is 10.3 Å². The summed E-state index contributed by atoms with van der Waals surface area (Å²) in [6, 6.07) is 41.6. The molecule has 2 aliphatic heterocycles. The molecule has 0 spiro atoms. The molecule has 4 heterocycles. The molecule has 0 saturated heterocycles. The van der Waals surface area contributed by atoms with Crippen molar-refractivity contribution in [1.29, 1.82) is 0 Å². The van der Waals surface area contributed by atoms with Gasteiger partial charge in [-0.25, -0.2) is 4.57 Å². The van der Waals surface area contributed by atoms with Crippen LogP contribution < -0.4 is 30.6 Å². The molecule has 0 amide bonds. The summed E-state index contributed by atoms with van der Waals surface area (Å²) in [4.78, 5) is 2.38. The highest BCUT2D eigenvalue weighted by Crippen LogP contribution is 2.47.